The number of hydrogen-bond donors (Lipinski definition) is 1. The fourth-order valence-corrected chi connectivity index (χ4v) is 3.21. The Balaban J connectivity index is 2.34. The summed E-state index contributed by atoms with van der Waals surface area (Å²) in [5.41, 5.74) is 0. The summed E-state index contributed by atoms with van der Waals surface area (Å²) >= 11 is 3.57. The standard InChI is InChI=1S/C10H18N2S2/c1-4-8(2)9(11-3)7-14-10-12-5-6-13-10/h5-6,8-9,11H,4,7H2,1-3H3. The van der Waals surface area contributed by atoms with E-state index < -0.39 is 0 Å². The van der Waals surface area contributed by atoms with Crippen molar-refractivity contribution in [2.45, 2.75) is 30.6 Å². The summed E-state index contributed by atoms with van der Waals surface area (Å²) < 4.78 is 1.17. The van der Waals surface area contributed by atoms with Crippen LogP contribution in [0, 0.1) is 5.92 Å². The number of thioether (sulfide) groups is 1. The van der Waals surface area contributed by atoms with E-state index in [0.29, 0.717) is 6.04 Å². The summed E-state index contributed by atoms with van der Waals surface area (Å²) in [5, 5.41) is 5.40. The van der Waals surface area contributed by atoms with E-state index in [1.807, 2.05) is 30.4 Å². The van der Waals surface area contributed by atoms with Crippen LogP contribution >= 0.6 is 23.1 Å². The molecule has 0 spiro atoms. The van der Waals surface area contributed by atoms with Gasteiger partial charge in [0.15, 0.2) is 0 Å². The van der Waals surface area contributed by atoms with Gasteiger partial charge in [-0.15, -0.1) is 11.3 Å². The number of nitrogens with zero attached hydrogens (tertiary/aromatic N) is 1. The minimum absolute atomic E-state index is 0.592. The maximum atomic E-state index is 4.26. The Labute approximate surface area is 94.5 Å². The van der Waals surface area contributed by atoms with E-state index in [-0.39, 0.29) is 0 Å². The first-order valence-corrected chi connectivity index (χ1v) is 6.84. The van der Waals surface area contributed by atoms with E-state index in [9.17, 15) is 0 Å². The third kappa shape index (κ3) is 3.59. The molecule has 0 saturated carbocycles. The van der Waals surface area contributed by atoms with Gasteiger partial charge in [-0.1, -0.05) is 32.0 Å². The molecule has 2 unspecified atom stereocenters. The van der Waals surface area contributed by atoms with Gasteiger partial charge in [0, 0.05) is 23.4 Å². The highest BCUT2D eigenvalue weighted by Crippen LogP contribution is 2.23. The van der Waals surface area contributed by atoms with Crippen LogP contribution in [-0.2, 0) is 0 Å². The molecule has 1 aromatic heterocycles. The van der Waals surface area contributed by atoms with Crippen LogP contribution in [0.5, 0.6) is 0 Å². The van der Waals surface area contributed by atoms with Crippen LogP contribution in [0.3, 0.4) is 0 Å². The van der Waals surface area contributed by atoms with Crippen LogP contribution in [0.2, 0.25) is 0 Å². The van der Waals surface area contributed by atoms with E-state index in [1.165, 1.54) is 10.8 Å². The predicted octanol–water partition coefficient (Wildman–Crippen LogP) is 2.87. The highest BCUT2D eigenvalue weighted by molar-refractivity contribution is 8.01. The molecular formula is C10H18N2S2. The zero-order chi connectivity index (χ0) is 10.4. The molecule has 0 bridgehead atoms. The quantitative estimate of drug-likeness (QED) is 0.761. The van der Waals surface area contributed by atoms with Gasteiger partial charge >= 0.3 is 0 Å². The normalized spacial score (nSPS) is 15.4. The van der Waals surface area contributed by atoms with Gasteiger partial charge in [-0.05, 0) is 13.0 Å². The average Bonchev–Trinajstić information content (AvgIpc) is 2.71. The van der Waals surface area contributed by atoms with Crippen LogP contribution in [-0.4, -0.2) is 23.8 Å². The molecule has 4 heteroatoms. The largest absolute Gasteiger partial charge is 0.316 e. The number of hydrogen-bond acceptors (Lipinski definition) is 4. The Morgan fingerprint density at radius 3 is 2.93 bits per heavy atom. The molecule has 1 N–H and O–H groups in total. The Morgan fingerprint density at radius 2 is 2.43 bits per heavy atom. The summed E-state index contributed by atoms with van der Waals surface area (Å²) in [4.78, 5) is 4.26. The maximum Gasteiger partial charge on any atom is 0.149 e. The zero-order valence-corrected chi connectivity index (χ0v) is 10.6. The van der Waals surface area contributed by atoms with Crippen molar-refractivity contribution < 1.29 is 0 Å². The smallest absolute Gasteiger partial charge is 0.149 e. The van der Waals surface area contributed by atoms with Crippen molar-refractivity contribution in [3.05, 3.63) is 11.6 Å². The second-order valence-corrected chi connectivity index (χ2v) is 5.55. The van der Waals surface area contributed by atoms with Crippen molar-refractivity contribution in [2.75, 3.05) is 12.8 Å². The molecule has 1 aromatic rings. The summed E-state index contributed by atoms with van der Waals surface area (Å²) in [6.45, 7) is 4.53. The number of rotatable bonds is 6. The van der Waals surface area contributed by atoms with Crippen LogP contribution in [0.25, 0.3) is 0 Å². The van der Waals surface area contributed by atoms with Crippen molar-refractivity contribution in [1.29, 1.82) is 0 Å². The minimum Gasteiger partial charge on any atom is -0.316 e. The summed E-state index contributed by atoms with van der Waals surface area (Å²) in [7, 11) is 2.04. The van der Waals surface area contributed by atoms with Crippen molar-refractivity contribution in [3.8, 4) is 0 Å². The Hall–Kier alpha value is -0.0600. The van der Waals surface area contributed by atoms with Crippen molar-refractivity contribution >= 4 is 23.1 Å². The maximum absolute atomic E-state index is 4.26. The number of aromatic nitrogens is 1. The van der Waals surface area contributed by atoms with Gasteiger partial charge in [0.05, 0.1) is 0 Å². The lowest BCUT2D eigenvalue weighted by Crippen LogP contribution is -2.34. The highest BCUT2D eigenvalue weighted by atomic mass is 32.2. The Bertz CT molecular complexity index is 236. The molecule has 0 aromatic carbocycles. The highest BCUT2D eigenvalue weighted by Gasteiger charge is 2.14. The monoisotopic (exact) mass is 230 g/mol. The van der Waals surface area contributed by atoms with E-state index in [0.717, 1.165) is 11.7 Å². The van der Waals surface area contributed by atoms with Crippen LogP contribution < -0.4 is 5.32 Å². The fourth-order valence-electron chi connectivity index (χ4n) is 1.26. The van der Waals surface area contributed by atoms with Gasteiger partial charge in [-0.2, -0.15) is 0 Å². The third-order valence-electron chi connectivity index (χ3n) is 2.50. The molecular weight excluding hydrogens is 212 g/mol. The molecule has 80 valence electrons. The van der Waals surface area contributed by atoms with E-state index >= 15 is 0 Å². The van der Waals surface area contributed by atoms with Gasteiger partial charge < -0.3 is 5.32 Å². The van der Waals surface area contributed by atoms with E-state index in [1.54, 1.807) is 11.3 Å². The predicted molar refractivity (Wildman–Crippen MR) is 65.1 cm³/mol. The van der Waals surface area contributed by atoms with Crippen LogP contribution in [0.1, 0.15) is 20.3 Å². The average molecular weight is 230 g/mol. The fraction of sp³-hybridized carbons (Fsp3) is 0.700. The lowest BCUT2D eigenvalue weighted by atomic mass is 10.0. The molecule has 0 aliphatic rings. The third-order valence-corrected chi connectivity index (χ3v) is 4.58. The van der Waals surface area contributed by atoms with Crippen molar-refractivity contribution in [2.24, 2.45) is 5.92 Å². The topological polar surface area (TPSA) is 24.9 Å². The van der Waals surface area contributed by atoms with Gasteiger partial charge in [0.1, 0.15) is 4.34 Å². The van der Waals surface area contributed by atoms with Gasteiger partial charge in [-0.25, -0.2) is 4.98 Å². The molecule has 2 atom stereocenters. The molecule has 0 amide bonds. The first-order valence-electron chi connectivity index (χ1n) is 4.97. The second-order valence-electron chi connectivity index (χ2n) is 3.39. The molecule has 0 fully saturated rings. The molecule has 0 saturated heterocycles. The summed E-state index contributed by atoms with van der Waals surface area (Å²) in [6, 6.07) is 0.592. The van der Waals surface area contributed by atoms with E-state index in [2.05, 4.69) is 24.1 Å². The molecule has 1 rings (SSSR count). The SMILES string of the molecule is CCC(C)C(CSc1nccs1)NC. The molecule has 0 aliphatic heterocycles. The molecule has 1 heterocycles. The van der Waals surface area contributed by atoms with E-state index in [4.69, 9.17) is 0 Å². The first kappa shape index (κ1) is 12.0. The van der Waals surface area contributed by atoms with Gasteiger partial charge in [-0.3, -0.25) is 0 Å². The van der Waals surface area contributed by atoms with Gasteiger partial charge in [0.25, 0.3) is 0 Å². The van der Waals surface area contributed by atoms with Crippen LogP contribution in [0.4, 0.5) is 0 Å². The molecule has 0 radical (unpaired) electrons. The minimum atomic E-state index is 0.592. The summed E-state index contributed by atoms with van der Waals surface area (Å²) in [6.07, 6.45) is 3.09. The Kier molecular flexibility index (Phi) is 5.52. The second kappa shape index (κ2) is 6.43. The van der Waals surface area contributed by atoms with Crippen molar-refractivity contribution in [1.82, 2.24) is 10.3 Å². The lowest BCUT2D eigenvalue weighted by molar-refractivity contribution is 0.420. The number of nitrogens with one attached hydrogen (secondary N) is 1. The zero-order valence-electron chi connectivity index (χ0n) is 8.99. The van der Waals surface area contributed by atoms with Gasteiger partial charge in [0.2, 0.25) is 0 Å². The number of thiazole rings is 1. The molecule has 14 heavy (non-hydrogen) atoms. The van der Waals surface area contributed by atoms with Crippen LogP contribution in [0.15, 0.2) is 15.9 Å². The molecule has 2 nitrogen and oxygen atoms in total. The lowest BCUT2D eigenvalue weighted by Gasteiger charge is -2.21. The summed E-state index contributed by atoms with van der Waals surface area (Å²) in [5.74, 6) is 1.84. The first-order chi connectivity index (χ1) is 6.77. The van der Waals surface area contributed by atoms with Crippen molar-refractivity contribution in [3.63, 3.8) is 0 Å². The molecule has 0 aliphatic carbocycles. The Morgan fingerprint density at radius 1 is 1.64 bits per heavy atom.